The second-order valence-electron chi connectivity index (χ2n) is 7.17. The Hall–Kier alpha value is -3.17. The summed E-state index contributed by atoms with van der Waals surface area (Å²) in [6.07, 6.45) is 1.53. The van der Waals surface area contributed by atoms with E-state index in [0.717, 1.165) is 10.9 Å². The number of benzene rings is 1. The summed E-state index contributed by atoms with van der Waals surface area (Å²) in [7, 11) is 0. The molecule has 9 nitrogen and oxygen atoms in total. The molecule has 2 N–H and O–H groups in total. The molecule has 0 spiro atoms. The predicted molar refractivity (Wildman–Crippen MR) is 114 cm³/mol. The van der Waals surface area contributed by atoms with Gasteiger partial charge in [-0.15, -0.1) is 0 Å². The molecule has 0 saturated carbocycles. The average molecular weight is 430 g/mol. The van der Waals surface area contributed by atoms with E-state index < -0.39 is 11.2 Å². The number of nitrogens with one attached hydrogen (secondary N) is 2. The third-order valence-corrected chi connectivity index (χ3v) is 5.46. The first kappa shape index (κ1) is 20.1. The topological polar surface area (TPSA) is 112 Å². The predicted octanol–water partition coefficient (Wildman–Crippen LogP) is 1.60. The van der Waals surface area contributed by atoms with E-state index in [-0.39, 0.29) is 17.5 Å². The second-order valence-corrected chi connectivity index (χ2v) is 7.55. The molecule has 1 fully saturated rings. The number of aromatic amines is 1. The van der Waals surface area contributed by atoms with E-state index in [2.05, 4.69) is 15.5 Å². The number of nitrogens with zero attached hydrogens (tertiary/aromatic N) is 3. The Balaban J connectivity index is 1.36. The number of aromatic nitrogens is 2. The van der Waals surface area contributed by atoms with E-state index in [4.69, 9.17) is 16.0 Å². The number of hydrogen-bond donors (Lipinski definition) is 2. The summed E-state index contributed by atoms with van der Waals surface area (Å²) in [4.78, 5) is 39.7. The number of fused-ring (bicyclic) bond motifs is 1. The minimum Gasteiger partial charge on any atom is -0.423 e. The number of carbonyl (C=O) groups excluding carboxylic acids is 1. The second kappa shape index (κ2) is 8.29. The van der Waals surface area contributed by atoms with Crippen molar-refractivity contribution < 1.29 is 9.21 Å². The van der Waals surface area contributed by atoms with Crippen LogP contribution in [-0.4, -0.2) is 53.7 Å². The summed E-state index contributed by atoms with van der Waals surface area (Å²) in [6.45, 7) is 4.60. The number of H-pyrrole nitrogens is 1. The van der Waals surface area contributed by atoms with Gasteiger partial charge in [0.25, 0.3) is 5.56 Å². The quantitative estimate of drug-likeness (QED) is 0.606. The third kappa shape index (κ3) is 4.22. The van der Waals surface area contributed by atoms with Crippen LogP contribution in [0, 0.1) is 6.92 Å². The standard InChI is InChI=1S/C20H20ClN5O4/c1-12-8-18(28)30-16-9-13(2-3-14(12)16)23-17(27)11-25-4-6-26(7-5-25)15-10-22-24-20(29)19(15)21/h2-3,8-10H,4-7,11H2,1H3,(H,23,27)(H,24,29). The minimum absolute atomic E-state index is 0.120. The Morgan fingerprint density at radius 1 is 1.23 bits per heavy atom. The molecule has 1 aliphatic heterocycles. The molecule has 30 heavy (non-hydrogen) atoms. The van der Waals surface area contributed by atoms with Crippen molar-refractivity contribution in [3.63, 3.8) is 0 Å². The lowest BCUT2D eigenvalue weighted by atomic mass is 10.1. The Morgan fingerprint density at radius 2 is 2.00 bits per heavy atom. The van der Waals surface area contributed by atoms with Crippen molar-refractivity contribution in [2.45, 2.75) is 6.92 Å². The van der Waals surface area contributed by atoms with Crippen LogP contribution in [0.1, 0.15) is 5.56 Å². The van der Waals surface area contributed by atoms with Gasteiger partial charge in [0.15, 0.2) is 0 Å². The molecule has 3 heterocycles. The fraction of sp³-hybridized carbons (Fsp3) is 0.300. The molecule has 0 atom stereocenters. The third-order valence-electron chi connectivity index (χ3n) is 5.09. The van der Waals surface area contributed by atoms with Crippen LogP contribution in [0.15, 0.2) is 44.5 Å². The van der Waals surface area contributed by atoms with Crippen molar-refractivity contribution >= 4 is 39.9 Å². The van der Waals surface area contributed by atoms with Gasteiger partial charge in [0.2, 0.25) is 5.91 Å². The van der Waals surface area contributed by atoms with Crippen LogP contribution in [0.4, 0.5) is 11.4 Å². The van der Waals surface area contributed by atoms with Gasteiger partial charge >= 0.3 is 5.63 Å². The van der Waals surface area contributed by atoms with Gasteiger partial charge in [0.1, 0.15) is 10.6 Å². The lowest BCUT2D eigenvalue weighted by Gasteiger charge is -2.35. The maximum atomic E-state index is 12.5. The number of hydrogen-bond acceptors (Lipinski definition) is 7. The fourth-order valence-corrected chi connectivity index (χ4v) is 3.76. The van der Waals surface area contributed by atoms with E-state index in [0.29, 0.717) is 43.1 Å². The van der Waals surface area contributed by atoms with Crippen LogP contribution in [0.2, 0.25) is 5.02 Å². The van der Waals surface area contributed by atoms with Crippen molar-refractivity contribution in [2.24, 2.45) is 0 Å². The van der Waals surface area contributed by atoms with Crippen LogP contribution in [0.3, 0.4) is 0 Å². The number of halogens is 1. The lowest BCUT2D eigenvalue weighted by Crippen LogP contribution is -2.49. The number of amides is 1. The van der Waals surface area contributed by atoms with Crippen LogP contribution < -0.4 is 21.4 Å². The van der Waals surface area contributed by atoms with Gasteiger partial charge in [-0.3, -0.25) is 14.5 Å². The smallest absolute Gasteiger partial charge is 0.336 e. The molecule has 3 aromatic rings. The molecule has 1 aliphatic rings. The summed E-state index contributed by atoms with van der Waals surface area (Å²) < 4.78 is 5.22. The highest BCUT2D eigenvalue weighted by Gasteiger charge is 2.22. The minimum atomic E-state index is -0.419. The number of piperazine rings is 1. The maximum absolute atomic E-state index is 12.5. The van der Waals surface area contributed by atoms with Gasteiger partial charge in [0, 0.05) is 49.4 Å². The first-order valence-corrected chi connectivity index (χ1v) is 9.83. The van der Waals surface area contributed by atoms with E-state index in [1.54, 1.807) is 12.1 Å². The van der Waals surface area contributed by atoms with Crippen molar-refractivity contribution in [1.29, 1.82) is 0 Å². The van der Waals surface area contributed by atoms with Crippen LogP contribution in [0.25, 0.3) is 11.0 Å². The highest BCUT2D eigenvalue weighted by Crippen LogP contribution is 2.22. The Labute approximate surface area is 176 Å². The maximum Gasteiger partial charge on any atom is 0.336 e. The van der Waals surface area contributed by atoms with Crippen molar-refractivity contribution in [1.82, 2.24) is 15.1 Å². The zero-order chi connectivity index (χ0) is 21.3. The van der Waals surface area contributed by atoms with E-state index in [1.165, 1.54) is 12.3 Å². The monoisotopic (exact) mass is 429 g/mol. The van der Waals surface area contributed by atoms with Crippen LogP contribution in [-0.2, 0) is 4.79 Å². The zero-order valence-electron chi connectivity index (χ0n) is 16.3. The Kier molecular flexibility index (Phi) is 5.56. The van der Waals surface area contributed by atoms with Crippen LogP contribution >= 0.6 is 11.6 Å². The summed E-state index contributed by atoms with van der Waals surface area (Å²) >= 11 is 6.07. The van der Waals surface area contributed by atoms with Gasteiger partial charge in [-0.05, 0) is 24.6 Å². The highest BCUT2D eigenvalue weighted by atomic mass is 35.5. The van der Waals surface area contributed by atoms with Gasteiger partial charge < -0.3 is 14.6 Å². The SMILES string of the molecule is Cc1cc(=O)oc2cc(NC(=O)CN3CCN(c4cn[nH]c(=O)c4Cl)CC3)ccc12. The largest absolute Gasteiger partial charge is 0.423 e. The van der Waals surface area contributed by atoms with Gasteiger partial charge in [-0.2, -0.15) is 5.10 Å². The number of aryl methyl sites for hydroxylation is 1. The summed E-state index contributed by atoms with van der Waals surface area (Å²) in [5.74, 6) is -0.159. The van der Waals surface area contributed by atoms with E-state index in [9.17, 15) is 14.4 Å². The molecule has 4 rings (SSSR count). The number of anilines is 2. The summed E-state index contributed by atoms with van der Waals surface area (Å²) in [5.41, 5.74) is 1.59. The normalized spacial score (nSPS) is 14.8. The van der Waals surface area contributed by atoms with Gasteiger partial charge in [0.05, 0.1) is 18.4 Å². The van der Waals surface area contributed by atoms with E-state index >= 15 is 0 Å². The van der Waals surface area contributed by atoms with Gasteiger partial charge in [-0.1, -0.05) is 11.6 Å². The molecule has 156 valence electrons. The molecule has 0 unspecified atom stereocenters. The van der Waals surface area contributed by atoms with Crippen molar-refractivity contribution in [3.05, 3.63) is 61.8 Å². The summed E-state index contributed by atoms with van der Waals surface area (Å²) in [5, 5.41) is 9.90. The zero-order valence-corrected chi connectivity index (χ0v) is 17.0. The molecule has 1 saturated heterocycles. The Bertz CT molecular complexity index is 1210. The van der Waals surface area contributed by atoms with Crippen molar-refractivity contribution in [2.75, 3.05) is 42.9 Å². The Morgan fingerprint density at radius 3 is 2.77 bits per heavy atom. The molecule has 0 bridgehead atoms. The van der Waals surface area contributed by atoms with E-state index in [1.807, 2.05) is 22.8 Å². The van der Waals surface area contributed by atoms with Crippen LogP contribution in [0.5, 0.6) is 0 Å². The molecular weight excluding hydrogens is 410 g/mol. The first-order chi connectivity index (χ1) is 14.4. The molecule has 10 heteroatoms. The molecule has 1 amide bonds. The first-order valence-electron chi connectivity index (χ1n) is 9.45. The number of rotatable bonds is 4. The van der Waals surface area contributed by atoms with Gasteiger partial charge in [-0.25, -0.2) is 9.89 Å². The molecule has 1 aromatic carbocycles. The molecule has 0 aliphatic carbocycles. The highest BCUT2D eigenvalue weighted by molar-refractivity contribution is 6.33. The summed E-state index contributed by atoms with van der Waals surface area (Å²) in [6, 6.07) is 6.70. The number of carbonyl (C=O) groups is 1. The lowest BCUT2D eigenvalue weighted by molar-refractivity contribution is -0.117. The molecular formula is C20H20ClN5O4. The molecule has 2 aromatic heterocycles. The average Bonchev–Trinajstić information content (AvgIpc) is 2.70. The fourth-order valence-electron chi connectivity index (χ4n) is 3.55. The molecule has 0 radical (unpaired) electrons. The van der Waals surface area contributed by atoms with Crippen molar-refractivity contribution in [3.8, 4) is 0 Å².